The fraction of sp³-hybridized carbons (Fsp3) is 0.160. The third-order valence-electron chi connectivity index (χ3n) is 4.99. The monoisotopic (exact) mass is 430 g/mol. The van der Waals surface area contributed by atoms with E-state index in [1.54, 1.807) is 72.5 Å². The van der Waals surface area contributed by atoms with Gasteiger partial charge in [-0.25, -0.2) is 0 Å². The Bertz CT molecular complexity index is 1130. The van der Waals surface area contributed by atoms with Gasteiger partial charge >= 0.3 is 5.97 Å². The first-order valence-electron chi connectivity index (χ1n) is 10.3. The maximum Gasteiger partial charge on any atom is 0.312 e. The van der Waals surface area contributed by atoms with Gasteiger partial charge in [0.1, 0.15) is 11.5 Å². The fourth-order valence-corrected chi connectivity index (χ4v) is 3.37. The molecule has 1 aliphatic heterocycles. The number of nitrogens with zero attached hydrogens (tertiary/aromatic N) is 1. The molecule has 1 N–H and O–H groups in total. The van der Waals surface area contributed by atoms with E-state index in [0.717, 1.165) is 0 Å². The van der Waals surface area contributed by atoms with Crippen LogP contribution >= 0.6 is 0 Å². The lowest BCUT2D eigenvalue weighted by Gasteiger charge is -2.32. The van der Waals surface area contributed by atoms with Crippen molar-refractivity contribution in [2.75, 3.05) is 16.8 Å². The summed E-state index contributed by atoms with van der Waals surface area (Å²) in [5.41, 5.74) is 1.78. The Morgan fingerprint density at radius 3 is 2.41 bits per heavy atom. The summed E-state index contributed by atoms with van der Waals surface area (Å²) in [4.78, 5) is 38.6. The van der Waals surface area contributed by atoms with Crippen LogP contribution < -0.4 is 19.7 Å². The van der Waals surface area contributed by atoms with Gasteiger partial charge in [-0.3, -0.25) is 14.4 Å². The van der Waals surface area contributed by atoms with Gasteiger partial charge in [0.05, 0.1) is 12.1 Å². The van der Waals surface area contributed by atoms with Crippen LogP contribution in [0.15, 0.2) is 78.9 Å². The van der Waals surface area contributed by atoms with Gasteiger partial charge in [0.2, 0.25) is 0 Å². The van der Waals surface area contributed by atoms with E-state index in [-0.39, 0.29) is 24.8 Å². The van der Waals surface area contributed by atoms with Crippen molar-refractivity contribution in [2.45, 2.75) is 19.4 Å². The fourth-order valence-electron chi connectivity index (χ4n) is 3.37. The van der Waals surface area contributed by atoms with Gasteiger partial charge < -0.3 is 19.7 Å². The van der Waals surface area contributed by atoms with Gasteiger partial charge in [-0.05, 0) is 55.5 Å². The molecule has 1 unspecified atom stereocenters. The highest BCUT2D eigenvalue weighted by Crippen LogP contribution is 2.33. The second-order valence-corrected chi connectivity index (χ2v) is 7.29. The van der Waals surface area contributed by atoms with Crippen LogP contribution in [0.1, 0.15) is 23.7 Å². The average Bonchev–Trinajstić information content (AvgIpc) is 2.81. The van der Waals surface area contributed by atoms with E-state index in [0.29, 0.717) is 28.4 Å². The molecule has 0 saturated heterocycles. The molecule has 0 saturated carbocycles. The average molecular weight is 430 g/mol. The molecule has 1 heterocycles. The number of para-hydroxylation sites is 2. The molecule has 0 aliphatic carbocycles. The number of rotatable bonds is 6. The van der Waals surface area contributed by atoms with Crippen molar-refractivity contribution in [3.05, 3.63) is 84.4 Å². The summed E-state index contributed by atoms with van der Waals surface area (Å²) < 4.78 is 11.0. The van der Waals surface area contributed by atoms with E-state index in [9.17, 15) is 14.4 Å². The minimum absolute atomic E-state index is 0.0271. The SMILES string of the molecule is CC1Oc2ccccc2N(CCC(=O)Oc2ccc(NC(=O)c3ccccc3)cc2)C1=O. The van der Waals surface area contributed by atoms with E-state index < -0.39 is 12.1 Å². The highest BCUT2D eigenvalue weighted by molar-refractivity contribution is 6.04. The number of fused-ring (bicyclic) bond motifs is 1. The lowest BCUT2D eigenvalue weighted by Crippen LogP contribution is -2.45. The Morgan fingerprint density at radius 2 is 1.66 bits per heavy atom. The summed E-state index contributed by atoms with van der Waals surface area (Å²) >= 11 is 0. The number of hydrogen-bond acceptors (Lipinski definition) is 5. The van der Waals surface area contributed by atoms with Crippen LogP contribution in [0, 0.1) is 0 Å². The number of nitrogens with one attached hydrogen (secondary N) is 1. The summed E-state index contributed by atoms with van der Waals surface area (Å²) in [5.74, 6) is 0.0847. The highest BCUT2D eigenvalue weighted by Gasteiger charge is 2.31. The van der Waals surface area contributed by atoms with E-state index in [2.05, 4.69) is 5.32 Å². The Kier molecular flexibility index (Phi) is 6.17. The molecule has 1 aliphatic rings. The summed E-state index contributed by atoms with van der Waals surface area (Å²) in [6.07, 6.45) is -0.584. The van der Waals surface area contributed by atoms with Crippen LogP contribution in [0.3, 0.4) is 0 Å². The molecule has 32 heavy (non-hydrogen) atoms. The Morgan fingerprint density at radius 1 is 0.969 bits per heavy atom. The van der Waals surface area contributed by atoms with Crippen molar-refractivity contribution in [1.82, 2.24) is 0 Å². The number of amides is 2. The van der Waals surface area contributed by atoms with Gasteiger partial charge in [0.15, 0.2) is 6.10 Å². The lowest BCUT2D eigenvalue weighted by atomic mass is 10.2. The molecule has 4 rings (SSSR count). The van der Waals surface area contributed by atoms with Crippen molar-refractivity contribution >= 4 is 29.2 Å². The normalized spacial score (nSPS) is 14.8. The molecule has 162 valence electrons. The summed E-state index contributed by atoms with van der Waals surface area (Å²) in [7, 11) is 0. The molecule has 2 amide bonds. The molecule has 0 fully saturated rings. The molecular formula is C25H22N2O5. The number of ether oxygens (including phenoxy) is 2. The van der Waals surface area contributed by atoms with Crippen molar-refractivity contribution in [3.8, 4) is 11.5 Å². The van der Waals surface area contributed by atoms with Crippen molar-refractivity contribution in [3.63, 3.8) is 0 Å². The van der Waals surface area contributed by atoms with Gasteiger partial charge in [0.25, 0.3) is 11.8 Å². The molecule has 0 radical (unpaired) electrons. The van der Waals surface area contributed by atoms with E-state index in [4.69, 9.17) is 9.47 Å². The summed E-state index contributed by atoms with van der Waals surface area (Å²) in [6, 6.07) is 22.6. The molecule has 7 heteroatoms. The van der Waals surface area contributed by atoms with Gasteiger partial charge in [0, 0.05) is 17.8 Å². The number of carbonyl (C=O) groups excluding carboxylic acids is 3. The minimum atomic E-state index is -0.612. The van der Waals surface area contributed by atoms with Crippen LogP contribution in [-0.2, 0) is 9.59 Å². The topological polar surface area (TPSA) is 84.9 Å². The predicted molar refractivity (Wildman–Crippen MR) is 120 cm³/mol. The van der Waals surface area contributed by atoms with E-state index in [1.165, 1.54) is 0 Å². The Hall–Kier alpha value is -4.13. The maximum absolute atomic E-state index is 12.5. The molecule has 3 aromatic carbocycles. The first-order chi connectivity index (χ1) is 15.5. The van der Waals surface area contributed by atoms with Crippen LogP contribution in [0.25, 0.3) is 0 Å². The number of carbonyl (C=O) groups is 3. The smallest absolute Gasteiger partial charge is 0.312 e. The molecule has 7 nitrogen and oxygen atoms in total. The molecule has 0 aromatic heterocycles. The quantitative estimate of drug-likeness (QED) is 0.471. The second kappa shape index (κ2) is 9.34. The maximum atomic E-state index is 12.5. The Labute approximate surface area is 185 Å². The van der Waals surface area contributed by atoms with Crippen LogP contribution in [0.4, 0.5) is 11.4 Å². The third-order valence-corrected chi connectivity index (χ3v) is 4.99. The molecule has 1 atom stereocenters. The summed E-state index contributed by atoms with van der Waals surface area (Å²) in [6.45, 7) is 1.87. The first-order valence-corrected chi connectivity index (χ1v) is 10.3. The van der Waals surface area contributed by atoms with Crippen molar-refractivity contribution in [1.29, 1.82) is 0 Å². The highest BCUT2D eigenvalue weighted by atomic mass is 16.5. The zero-order valence-electron chi connectivity index (χ0n) is 17.5. The van der Waals surface area contributed by atoms with E-state index >= 15 is 0 Å². The number of hydrogen-bond donors (Lipinski definition) is 1. The number of benzene rings is 3. The number of esters is 1. The van der Waals surface area contributed by atoms with Crippen LogP contribution in [0.5, 0.6) is 11.5 Å². The number of anilines is 2. The molecule has 0 spiro atoms. The molecular weight excluding hydrogens is 408 g/mol. The third kappa shape index (κ3) is 4.78. The minimum Gasteiger partial charge on any atom is -0.479 e. The predicted octanol–water partition coefficient (Wildman–Crippen LogP) is 4.05. The molecule has 0 bridgehead atoms. The van der Waals surface area contributed by atoms with Crippen molar-refractivity contribution < 1.29 is 23.9 Å². The van der Waals surface area contributed by atoms with E-state index in [1.807, 2.05) is 18.2 Å². The standard InChI is InChI=1S/C25H22N2O5/c1-17-25(30)27(21-9-5-6-10-22(21)31-17)16-15-23(28)32-20-13-11-19(12-14-20)26-24(29)18-7-3-2-4-8-18/h2-14,17H,15-16H2,1H3,(H,26,29). The zero-order valence-corrected chi connectivity index (χ0v) is 17.5. The van der Waals surface area contributed by atoms with Crippen LogP contribution in [-0.4, -0.2) is 30.4 Å². The first kappa shape index (κ1) is 21.1. The second-order valence-electron chi connectivity index (χ2n) is 7.29. The lowest BCUT2D eigenvalue weighted by molar-refractivity contribution is -0.134. The summed E-state index contributed by atoms with van der Waals surface area (Å²) in [5, 5.41) is 2.79. The van der Waals surface area contributed by atoms with Crippen molar-refractivity contribution in [2.24, 2.45) is 0 Å². The van der Waals surface area contributed by atoms with Gasteiger partial charge in [-0.1, -0.05) is 30.3 Å². The Balaban J connectivity index is 1.33. The van der Waals surface area contributed by atoms with Gasteiger partial charge in [-0.2, -0.15) is 0 Å². The largest absolute Gasteiger partial charge is 0.479 e. The zero-order chi connectivity index (χ0) is 22.5. The molecule has 3 aromatic rings. The van der Waals surface area contributed by atoms with Gasteiger partial charge in [-0.15, -0.1) is 0 Å². The van der Waals surface area contributed by atoms with Crippen LogP contribution in [0.2, 0.25) is 0 Å².